The van der Waals surface area contributed by atoms with Gasteiger partial charge in [0, 0.05) is 22.2 Å². The number of benzene rings is 3. The summed E-state index contributed by atoms with van der Waals surface area (Å²) in [5.74, 6) is -0.753. The zero-order valence-electron chi connectivity index (χ0n) is 21.7. The van der Waals surface area contributed by atoms with Crippen LogP contribution in [-0.4, -0.2) is 38.5 Å². The third-order valence-electron chi connectivity index (χ3n) is 6.14. The van der Waals surface area contributed by atoms with E-state index in [1.807, 2.05) is 12.1 Å². The first-order valence-corrected chi connectivity index (χ1v) is 14.1. The topological polar surface area (TPSA) is 154 Å². The molecule has 44 heavy (non-hydrogen) atoms. The highest BCUT2D eigenvalue weighted by atomic mass is 32.2. The lowest BCUT2D eigenvalue weighted by molar-refractivity contribution is -0.911. The van der Waals surface area contributed by atoms with Gasteiger partial charge in [-0.05, 0) is 47.0 Å². The van der Waals surface area contributed by atoms with E-state index in [1.54, 1.807) is 48.5 Å². The number of alkyl halides is 3. The second kappa shape index (κ2) is 14.4. The van der Waals surface area contributed by atoms with Crippen LogP contribution >= 0.6 is 11.3 Å². The Bertz CT molecular complexity index is 1770. The fourth-order valence-corrected chi connectivity index (χ4v) is 5.42. The van der Waals surface area contributed by atoms with E-state index in [0.717, 1.165) is 27.8 Å². The molecule has 0 aliphatic heterocycles. The highest BCUT2D eigenvalue weighted by Gasteiger charge is 2.48. The van der Waals surface area contributed by atoms with Crippen LogP contribution in [0.25, 0.3) is 27.5 Å². The molecule has 0 fully saturated rings. The van der Waals surface area contributed by atoms with Gasteiger partial charge in [-0.3, -0.25) is 0 Å². The molecule has 0 aliphatic carbocycles. The van der Waals surface area contributed by atoms with Gasteiger partial charge in [-0.15, -0.1) is 18.3 Å². The third kappa shape index (κ3) is 7.37. The highest BCUT2D eigenvalue weighted by Crippen LogP contribution is 2.32. The first-order valence-electron chi connectivity index (χ1n) is 11.9. The Balaban J connectivity index is 0.00000225. The Morgan fingerprint density at radius 1 is 1.05 bits per heavy atom. The van der Waals surface area contributed by atoms with Gasteiger partial charge in [-0.25, -0.2) is 9.78 Å². The number of hydrogen-bond acceptors (Lipinski definition) is 7. The van der Waals surface area contributed by atoms with Gasteiger partial charge in [-0.1, -0.05) is 77.5 Å². The molecule has 1 atom stereocenters. The number of aromatic nitrogens is 4. The van der Waals surface area contributed by atoms with Crippen LogP contribution in [0.2, 0.25) is 0 Å². The van der Waals surface area contributed by atoms with E-state index < -0.39 is 28.9 Å². The molecule has 234 valence electrons. The van der Waals surface area contributed by atoms with Crippen molar-refractivity contribution >= 4 is 28.3 Å². The van der Waals surface area contributed by atoms with E-state index in [2.05, 4.69) is 10.1 Å². The Kier molecular flexibility index (Phi) is 11.7. The van der Waals surface area contributed by atoms with E-state index >= 15 is 0 Å². The molecule has 5 aromatic rings. The summed E-state index contributed by atoms with van der Waals surface area (Å²) in [6.45, 7) is 0. The Morgan fingerprint density at radius 3 is 2.23 bits per heavy atom. The van der Waals surface area contributed by atoms with Gasteiger partial charge in [0.15, 0.2) is 27.3 Å². The molecule has 0 amide bonds. The Labute approximate surface area is 258 Å². The minimum absolute atomic E-state index is 0. The average molecular weight is 651 g/mol. The molecule has 3 aromatic carbocycles. The van der Waals surface area contributed by atoms with Crippen molar-refractivity contribution in [3.8, 4) is 33.3 Å². The van der Waals surface area contributed by atoms with Crippen LogP contribution in [0.4, 0.5) is 13.2 Å². The molecule has 2 aromatic heterocycles. The maximum atomic E-state index is 14.7. The summed E-state index contributed by atoms with van der Waals surface area (Å²) in [5, 5.41) is 19.9. The number of ether oxygens (including phenoxy) is 1. The van der Waals surface area contributed by atoms with Crippen molar-refractivity contribution in [2.75, 3.05) is 7.11 Å². The smallest absolute Gasteiger partial charge is 0.586 e. The van der Waals surface area contributed by atoms with Crippen LogP contribution in [0.3, 0.4) is 0 Å². The van der Waals surface area contributed by atoms with Gasteiger partial charge in [-0.2, -0.15) is 0 Å². The second-order valence-corrected chi connectivity index (χ2v) is 10.8. The number of hydrogen-bond donors (Lipinski definition) is 2. The summed E-state index contributed by atoms with van der Waals surface area (Å²) < 4.78 is 61.1. The monoisotopic (exact) mass is 650 g/mol. The van der Waals surface area contributed by atoms with Crippen LogP contribution in [0, 0.1) is 0 Å². The number of aromatic carboxylic acids is 1. The summed E-state index contributed by atoms with van der Waals surface area (Å²) in [7, 11) is -0.570. The standard InChI is InChI=1S/C27H20F3N5O4S2.2CH4.H2O/c1-39-20-7-3-5-18(14-20)17-4-2-6-19(13-17)24-23(12-16-8-10-21(11-9-16)41(31)38)34(27(28,29)30)35(33-24)26-32-22(15-40-26)25(36)37;;;/h2-11,13-15H,12H2,1H3,(H2-,31,36,37,38);2*1H4;1H2/p+1. The molecule has 4 N–H and O–H groups in total. The molecule has 5 rings (SSSR count). The number of thiazole rings is 1. The van der Waals surface area contributed by atoms with E-state index in [0.29, 0.717) is 26.6 Å². The van der Waals surface area contributed by atoms with E-state index in [1.165, 1.54) is 19.2 Å². The predicted molar refractivity (Wildman–Crippen MR) is 162 cm³/mol. The zero-order valence-corrected chi connectivity index (χ0v) is 23.4. The molecule has 0 radical (unpaired) electrons. The summed E-state index contributed by atoms with van der Waals surface area (Å²) in [6, 6.07) is 20.2. The van der Waals surface area contributed by atoms with Crippen molar-refractivity contribution in [2.24, 2.45) is 5.14 Å². The van der Waals surface area contributed by atoms with Crippen LogP contribution in [0.5, 0.6) is 5.75 Å². The number of rotatable bonds is 8. The first kappa shape index (κ1) is 35.8. The van der Waals surface area contributed by atoms with Crippen LogP contribution in [-0.2, 0) is 27.9 Å². The minimum atomic E-state index is -4.94. The summed E-state index contributed by atoms with van der Waals surface area (Å²) >= 11 is 0.721. The number of carbonyl (C=O) groups is 1. The lowest BCUT2D eigenvalue weighted by Crippen LogP contribution is -2.56. The van der Waals surface area contributed by atoms with Crippen molar-refractivity contribution in [3.05, 3.63) is 95.1 Å². The molecule has 2 heterocycles. The van der Waals surface area contributed by atoms with Crippen molar-refractivity contribution in [1.82, 2.24) is 14.9 Å². The first-order chi connectivity index (χ1) is 19.5. The van der Waals surface area contributed by atoms with Gasteiger partial charge >= 0.3 is 12.3 Å². The summed E-state index contributed by atoms with van der Waals surface area (Å²) in [5.41, 5.74) is 1.80. The van der Waals surface area contributed by atoms with Crippen LogP contribution < -0.4 is 14.6 Å². The highest BCUT2D eigenvalue weighted by molar-refractivity contribution is 7.82. The number of methoxy groups -OCH3 is 1. The quantitative estimate of drug-likeness (QED) is 0.123. The summed E-state index contributed by atoms with van der Waals surface area (Å²) in [6.07, 6.45) is -5.16. The van der Waals surface area contributed by atoms with Gasteiger partial charge < -0.3 is 15.3 Å². The molecule has 10 nitrogen and oxygen atoms in total. The van der Waals surface area contributed by atoms with Crippen LogP contribution in [0.1, 0.15) is 36.6 Å². The maximum Gasteiger partial charge on any atom is 0.586 e. The van der Waals surface area contributed by atoms with Gasteiger partial charge in [0.1, 0.15) is 5.75 Å². The molecule has 15 heteroatoms. The fourth-order valence-electron chi connectivity index (χ4n) is 4.24. The van der Waals surface area contributed by atoms with Crippen LogP contribution in [0.15, 0.2) is 83.1 Å². The minimum Gasteiger partial charge on any atom is -0.870 e. The number of carboxylic acids is 1. The summed E-state index contributed by atoms with van der Waals surface area (Å²) in [4.78, 5) is 16.2. The van der Waals surface area contributed by atoms with E-state index in [9.17, 15) is 27.3 Å². The SMILES string of the molecule is C.C.COc1cccc(-c2cccc(-c3nn(-c4nc(C(=O)O)cs4)[n+](C(F)(F)F)c3Cc3ccc([SH+](N)=O)cc3)c2)c1.[OH-]. The number of nitrogens with two attached hydrogens (primary N) is 1. The molecule has 0 spiro atoms. The zero-order chi connectivity index (χ0) is 29.3. The number of nitrogens with zero attached hydrogens (tertiary/aromatic N) is 4. The fraction of sp³-hybridized carbons (Fsp3) is 0.172. The maximum absolute atomic E-state index is 14.7. The molecule has 0 bridgehead atoms. The van der Waals surface area contributed by atoms with Gasteiger partial charge in [0.25, 0.3) is 10.8 Å². The third-order valence-corrected chi connectivity index (χ3v) is 7.75. The number of carboxylic acid groups (broad SMARTS) is 1. The van der Waals surface area contributed by atoms with Crippen molar-refractivity contribution in [1.29, 1.82) is 0 Å². The van der Waals surface area contributed by atoms with E-state index in [-0.39, 0.29) is 48.0 Å². The molecule has 0 aliphatic rings. The number of halogens is 3. The second-order valence-electron chi connectivity index (χ2n) is 8.77. The molecule has 1 unspecified atom stereocenters. The van der Waals surface area contributed by atoms with Crippen molar-refractivity contribution in [2.45, 2.75) is 32.5 Å². The Morgan fingerprint density at radius 2 is 1.66 bits per heavy atom. The lowest BCUT2D eigenvalue weighted by Gasteiger charge is -2.08. The average Bonchev–Trinajstić information content (AvgIpc) is 3.59. The van der Waals surface area contributed by atoms with Gasteiger partial charge in [0.05, 0.1) is 12.2 Å². The van der Waals surface area contributed by atoms with Gasteiger partial charge in [0.2, 0.25) is 0 Å². The Hall–Kier alpha value is -4.44. The largest absolute Gasteiger partial charge is 0.870 e. The lowest BCUT2D eigenvalue weighted by atomic mass is 9.99. The molecular formula is C29H31F3N5O5S2+. The van der Waals surface area contributed by atoms with E-state index in [4.69, 9.17) is 9.88 Å². The molecule has 0 saturated heterocycles. The van der Waals surface area contributed by atoms with Crippen molar-refractivity contribution in [3.63, 3.8) is 0 Å². The molecule has 0 saturated carbocycles. The normalized spacial score (nSPS) is 11.5. The molecular weight excluding hydrogens is 619 g/mol. The number of thiol groups is 1. The predicted octanol–water partition coefficient (Wildman–Crippen LogP) is 5.75. The van der Waals surface area contributed by atoms with Crippen molar-refractivity contribution < 1.29 is 42.2 Å².